The van der Waals surface area contributed by atoms with Crippen molar-refractivity contribution in [2.24, 2.45) is 11.8 Å². The van der Waals surface area contributed by atoms with Gasteiger partial charge in [0, 0.05) is 30.6 Å². The molecule has 7 nitrogen and oxygen atoms in total. The van der Waals surface area contributed by atoms with Gasteiger partial charge in [-0.05, 0) is 65.5 Å². The third-order valence-electron chi connectivity index (χ3n) is 5.64. The first-order valence-electron chi connectivity index (χ1n) is 10.5. The third-order valence-corrected chi connectivity index (χ3v) is 5.64. The largest absolute Gasteiger partial charge is 0.527 e. The molecule has 2 unspecified atom stereocenters. The van der Waals surface area contributed by atoms with E-state index >= 15 is 0 Å². The summed E-state index contributed by atoms with van der Waals surface area (Å²) < 4.78 is 4.90. The average molecular weight is 384 g/mol. The Bertz CT molecular complexity index is 480. The number of ether oxygens (including phenoxy) is 1. The average Bonchev–Trinajstić information content (AvgIpc) is 2.63. The maximum Gasteiger partial charge on any atom is 0.527 e. The molecule has 2 aliphatic rings. The van der Waals surface area contributed by atoms with E-state index in [1.807, 2.05) is 0 Å². The Balaban J connectivity index is 1.80. The Kier molecular flexibility index (Phi) is 8.35. The Morgan fingerprint density at radius 2 is 1.70 bits per heavy atom. The van der Waals surface area contributed by atoms with Gasteiger partial charge in [-0.25, -0.2) is 4.79 Å². The van der Waals surface area contributed by atoms with Crippen LogP contribution >= 0.6 is 0 Å². The minimum atomic E-state index is -0.622. The van der Waals surface area contributed by atoms with Crippen molar-refractivity contribution >= 4 is 12.1 Å². The van der Waals surface area contributed by atoms with Crippen molar-refractivity contribution < 1.29 is 19.2 Å². The lowest BCUT2D eigenvalue weighted by atomic mass is 9.89. The molecule has 2 aliphatic heterocycles. The number of nitrogens with zero attached hydrogens (tertiary/aromatic N) is 2. The van der Waals surface area contributed by atoms with Crippen molar-refractivity contribution in [3.05, 3.63) is 0 Å². The van der Waals surface area contributed by atoms with Crippen LogP contribution in [0.15, 0.2) is 0 Å². The summed E-state index contributed by atoms with van der Waals surface area (Å²) in [5, 5.41) is 4.85. The number of hydrogen-bond donors (Lipinski definition) is 1. The SMILES string of the molecule is CCOC(=O)ON1C(C)CC(N2CCC(C(=O)NCC(C)C)CC2)CC1C. The second-order valence-electron chi connectivity index (χ2n) is 8.41. The number of nitrogens with one attached hydrogen (secondary N) is 1. The maximum absolute atomic E-state index is 12.3. The summed E-state index contributed by atoms with van der Waals surface area (Å²) in [5.41, 5.74) is 0. The molecule has 27 heavy (non-hydrogen) atoms. The summed E-state index contributed by atoms with van der Waals surface area (Å²) in [4.78, 5) is 31.8. The van der Waals surface area contributed by atoms with Crippen molar-refractivity contribution in [1.29, 1.82) is 0 Å². The van der Waals surface area contributed by atoms with E-state index in [4.69, 9.17) is 9.57 Å². The number of hydrogen-bond acceptors (Lipinski definition) is 6. The monoisotopic (exact) mass is 383 g/mol. The second kappa shape index (κ2) is 10.3. The molecule has 2 rings (SSSR count). The molecule has 7 heteroatoms. The van der Waals surface area contributed by atoms with Crippen molar-refractivity contribution in [3.63, 3.8) is 0 Å². The summed E-state index contributed by atoms with van der Waals surface area (Å²) in [6.07, 6.45) is 3.13. The van der Waals surface area contributed by atoms with Gasteiger partial charge in [0.05, 0.1) is 6.61 Å². The van der Waals surface area contributed by atoms with Gasteiger partial charge in [-0.1, -0.05) is 13.8 Å². The molecule has 1 N–H and O–H groups in total. The number of carbonyl (C=O) groups is 2. The van der Waals surface area contributed by atoms with Gasteiger partial charge in [0.2, 0.25) is 5.91 Å². The number of amides is 1. The number of hydroxylamine groups is 2. The Hall–Kier alpha value is -1.34. The van der Waals surface area contributed by atoms with E-state index in [0.717, 1.165) is 45.3 Å². The molecule has 2 fully saturated rings. The smallest absolute Gasteiger partial charge is 0.433 e. The van der Waals surface area contributed by atoms with Gasteiger partial charge in [-0.15, -0.1) is 5.06 Å². The first-order chi connectivity index (χ1) is 12.8. The Labute approximate surface area is 163 Å². The molecule has 0 aromatic heterocycles. The molecule has 0 bridgehead atoms. The van der Waals surface area contributed by atoms with Crippen LogP contribution in [-0.4, -0.2) is 66.4 Å². The predicted molar refractivity (Wildman–Crippen MR) is 104 cm³/mol. The fourth-order valence-corrected chi connectivity index (χ4v) is 4.21. The first kappa shape index (κ1) is 22.0. The summed E-state index contributed by atoms with van der Waals surface area (Å²) in [6.45, 7) is 13.2. The molecule has 2 atom stereocenters. The normalized spacial score (nSPS) is 28.1. The van der Waals surface area contributed by atoms with E-state index in [9.17, 15) is 9.59 Å². The number of piperidine rings is 2. The second-order valence-corrected chi connectivity index (χ2v) is 8.41. The molecule has 0 radical (unpaired) electrons. The molecule has 0 aromatic carbocycles. The van der Waals surface area contributed by atoms with E-state index < -0.39 is 6.16 Å². The van der Waals surface area contributed by atoms with Crippen LogP contribution in [0.5, 0.6) is 0 Å². The minimum Gasteiger partial charge on any atom is -0.433 e. The number of rotatable bonds is 6. The summed E-state index contributed by atoms with van der Waals surface area (Å²) in [5.74, 6) is 0.837. The van der Waals surface area contributed by atoms with Gasteiger partial charge in [-0.2, -0.15) is 0 Å². The van der Waals surface area contributed by atoms with Crippen LogP contribution < -0.4 is 5.32 Å². The van der Waals surface area contributed by atoms with Crippen molar-refractivity contribution in [3.8, 4) is 0 Å². The fourth-order valence-electron chi connectivity index (χ4n) is 4.21. The van der Waals surface area contributed by atoms with Gasteiger partial charge in [0.1, 0.15) is 0 Å². The van der Waals surface area contributed by atoms with Crippen LogP contribution in [0.4, 0.5) is 4.79 Å². The number of carbonyl (C=O) groups excluding carboxylic acids is 2. The van der Waals surface area contributed by atoms with Crippen molar-refractivity contribution in [1.82, 2.24) is 15.3 Å². The van der Waals surface area contributed by atoms with E-state index in [2.05, 4.69) is 37.9 Å². The Morgan fingerprint density at radius 3 is 2.22 bits per heavy atom. The highest BCUT2D eigenvalue weighted by atomic mass is 16.8. The zero-order valence-corrected chi connectivity index (χ0v) is 17.6. The molecular weight excluding hydrogens is 346 g/mol. The van der Waals surface area contributed by atoms with Crippen LogP contribution in [0.3, 0.4) is 0 Å². The predicted octanol–water partition coefficient (Wildman–Crippen LogP) is 2.80. The quantitative estimate of drug-likeness (QED) is 0.711. The standard InChI is InChI=1S/C20H37N3O4/c1-6-26-20(25)27-23-15(4)11-18(12-16(23)5)22-9-7-17(8-10-22)19(24)21-13-14(2)3/h14-18H,6-13H2,1-5H3,(H,21,24). The maximum atomic E-state index is 12.3. The molecule has 2 saturated heterocycles. The number of likely N-dealkylation sites (tertiary alicyclic amines) is 1. The lowest BCUT2D eigenvalue weighted by Gasteiger charge is -2.46. The molecule has 0 spiro atoms. The van der Waals surface area contributed by atoms with Crippen LogP contribution in [0, 0.1) is 11.8 Å². The van der Waals surface area contributed by atoms with E-state index in [1.165, 1.54) is 0 Å². The Morgan fingerprint density at radius 1 is 1.11 bits per heavy atom. The van der Waals surface area contributed by atoms with Gasteiger partial charge in [0.15, 0.2) is 0 Å². The molecule has 0 aromatic rings. The van der Waals surface area contributed by atoms with Crippen LogP contribution in [0.1, 0.15) is 60.3 Å². The molecule has 156 valence electrons. The van der Waals surface area contributed by atoms with Gasteiger partial charge >= 0.3 is 6.16 Å². The van der Waals surface area contributed by atoms with E-state index in [1.54, 1.807) is 12.0 Å². The van der Waals surface area contributed by atoms with Crippen LogP contribution in [0.25, 0.3) is 0 Å². The lowest BCUT2D eigenvalue weighted by molar-refractivity contribution is -0.196. The summed E-state index contributed by atoms with van der Waals surface area (Å²) in [6, 6.07) is 0.766. The van der Waals surface area contributed by atoms with Crippen LogP contribution in [0.2, 0.25) is 0 Å². The highest BCUT2D eigenvalue weighted by Gasteiger charge is 2.38. The first-order valence-corrected chi connectivity index (χ1v) is 10.5. The van der Waals surface area contributed by atoms with Gasteiger partial charge in [0.25, 0.3) is 0 Å². The zero-order chi connectivity index (χ0) is 20.0. The highest BCUT2D eigenvalue weighted by Crippen LogP contribution is 2.30. The van der Waals surface area contributed by atoms with Crippen molar-refractivity contribution in [2.45, 2.75) is 78.4 Å². The molecular formula is C20H37N3O4. The van der Waals surface area contributed by atoms with E-state index in [0.29, 0.717) is 18.6 Å². The fraction of sp³-hybridized carbons (Fsp3) is 0.900. The van der Waals surface area contributed by atoms with Gasteiger partial charge < -0.3 is 19.8 Å². The van der Waals surface area contributed by atoms with Crippen LogP contribution in [-0.2, 0) is 14.4 Å². The third kappa shape index (κ3) is 6.35. The van der Waals surface area contributed by atoms with Crippen molar-refractivity contribution in [2.75, 3.05) is 26.2 Å². The van der Waals surface area contributed by atoms with E-state index in [-0.39, 0.29) is 23.9 Å². The summed E-state index contributed by atoms with van der Waals surface area (Å²) >= 11 is 0. The highest BCUT2D eigenvalue weighted by molar-refractivity contribution is 5.78. The lowest BCUT2D eigenvalue weighted by Crippen LogP contribution is -2.55. The summed E-state index contributed by atoms with van der Waals surface area (Å²) in [7, 11) is 0. The molecule has 0 saturated carbocycles. The van der Waals surface area contributed by atoms with Gasteiger partial charge in [-0.3, -0.25) is 4.79 Å². The molecule has 0 aliphatic carbocycles. The molecule has 1 amide bonds. The molecule has 2 heterocycles. The minimum absolute atomic E-state index is 0.141. The zero-order valence-electron chi connectivity index (χ0n) is 17.6. The topological polar surface area (TPSA) is 71.1 Å².